The molecule has 0 aromatic heterocycles. The van der Waals surface area contributed by atoms with Gasteiger partial charge in [0.2, 0.25) is 0 Å². The zero-order valence-corrected chi connectivity index (χ0v) is 22.2. The number of phosphoric ester groups is 2. The van der Waals surface area contributed by atoms with E-state index in [0.29, 0.717) is 12.8 Å². The molecule has 2 atom stereocenters. The molecule has 0 spiro atoms. The molecule has 194 valence electrons. The van der Waals surface area contributed by atoms with Crippen molar-refractivity contribution in [3.63, 3.8) is 0 Å². The summed E-state index contributed by atoms with van der Waals surface area (Å²) >= 11 is 0. The molecular weight excluding hydrogens is 454 g/mol. The van der Waals surface area contributed by atoms with Crippen molar-refractivity contribution in [3.05, 3.63) is 0 Å². The van der Waals surface area contributed by atoms with Crippen LogP contribution >= 0.6 is 15.6 Å². The van der Waals surface area contributed by atoms with E-state index < -0.39 is 15.6 Å². The summed E-state index contributed by atoms with van der Waals surface area (Å²) in [5, 5.41) is 0. The van der Waals surface area contributed by atoms with Crippen molar-refractivity contribution < 1.29 is 37.0 Å². The highest BCUT2D eigenvalue weighted by Crippen LogP contribution is 2.45. The van der Waals surface area contributed by atoms with Gasteiger partial charge in [-0.2, -0.15) is 0 Å². The summed E-state index contributed by atoms with van der Waals surface area (Å²) in [6.07, 6.45) is 17.8. The van der Waals surface area contributed by atoms with Crippen molar-refractivity contribution in [1.82, 2.24) is 0 Å². The molecule has 0 amide bonds. The minimum Gasteiger partial charge on any atom is -0.302 e. The smallest absolute Gasteiger partial charge is 0.302 e. The lowest BCUT2D eigenvalue weighted by Gasteiger charge is -2.14. The van der Waals surface area contributed by atoms with E-state index in [9.17, 15) is 18.9 Å². The average Bonchev–Trinajstić information content (AvgIpc) is 2.74. The zero-order chi connectivity index (χ0) is 24.0. The fourth-order valence-electron chi connectivity index (χ4n) is 3.21. The second-order valence-corrected chi connectivity index (χ2v) is 11.1. The molecule has 0 aliphatic heterocycles. The number of unbranched alkanes of at least 4 members (excludes halogenated alkanes) is 14. The molecule has 0 rings (SSSR count). The fraction of sp³-hybridized carbons (Fsp3) is 1.00. The first kappa shape index (κ1) is 32.2. The van der Waals surface area contributed by atoms with Crippen molar-refractivity contribution in [2.24, 2.45) is 0 Å². The average molecular weight is 503 g/mol. The molecule has 0 aliphatic carbocycles. The molecular formula is C22H48O8P2. The topological polar surface area (TPSA) is 112 Å². The van der Waals surface area contributed by atoms with Crippen LogP contribution < -0.4 is 0 Å². The molecule has 0 aromatic carbocycles. The predicted molar refractivity (Wildman–Crippen MR) is 129 cm³/mol. The van der Waals surface area contributed by atoms with Crippen LogP contribution in [-0.4, -0.2) is 36.2 Å². The Kier molecular flexibility index (Phi) is 21.9. The van der Waals surface area contributed by atoms with E-state index in [1.54, 1.807) is 0 Å². The van der Waals surface area contributed by atoms with Crippen LogP contribution in [0.25, 0.3) is 0 Å². The second-order valence-electron chi connectivity index (χ2n) is 8.22. The molecule has 2 unspecified atom stereocenters. The number of hydrogen-bond acceptors (Lipinski definition) is 6. The molecule has 0 saturated heterocycles. The Morgan fingerprint density at radius 3 is 1.00 bits per heavy atom. The van der Waals surface area contributed by atoms with Gasteiger partial charge in [-0.25, -0.2) is 9.13 Å². The highest BCUT2D eigenvalue weighted by molar-refractivity contribution is 7.47. The van der Waals surface area contributed by atoms with Gasteiger partial charge in [0.15, 0.2) is 0 Å². The summed E-state index contributed by atoms with van der Waals surface area (Å²) in [6, 6.07) is 0. The van der Waals surface area contributed by atoms with Gasteiger partial charge >= 0.3 is 15.6 Å². The number of phosphoric acid groups is 2. The molecule has 0 fully saturated rings. The number of rotatable bonds is 25. The molecule has 8 nitrogen and oxygen atoms in total. The Morgan fingerprint density at radius 1 is 0.438 bits per heavy atom. The maximum atomic E-state index is 11.8. The summed E-state index contributed by atoms with van der Waals surface area (Å²) in [7, 11) is -8.36. The third-order valence-corrected chi connectivity index (χ3v) is 7.13. The van der Waals surface area contributed by atoms with Crippen LogP contribution in [-0.2, 0) is 27.2 Å². The molecule has 0 aliphatic rings. The van der Waals surface area contributed by atoms with Crippen molar-refractivity contribution in [3.8, 4) is 0 Å². The van der Waals surface area contributed by atoms with Gasteiger partial charge in [0, 0.05) is 0 Å². The Balaban J connectivity index is 3.62. The Labute approximate surface area is 196 Å². The monoisotopic (exact) mass is 502 g/mol. The zero-order valence-electron chi connectivity index (χ0n) is 20.4. The van der Waals surface area contributed by atoms with Gasteiger partial charge in [-0.1, -0.05) is 104 Å². The minimum absolute atomic E-state index is 0.143. The standard InChI is InChI=1S/C22H48O8P2/c1-3-5-7-9-11-13-15-17-19-27-31(23,24)29-21-22-30-32(25,26)28-20-18-16-14-12-10-8-6-4-2/h3-22H2,1-2H3,(H,23,24)(H,25,26). The van der Waals surface area contributed by atoms with E-state index in [1.165, 1.54) is 64.2 Å². The first-order chi connectivity index (χ1) is 15.3. The maximum Gasteiger partial charge on any atom is 0.472 e. The van der Waals surface area contributed by atoms with Crippen molar-refractivity contribution >= 4 is 15.6 Å². The molecule has 0 bridgehead atoms. The van der Waals surface area contributed by atoms with Gasteiger partial charge in [0.05, 0.1) is 26.4 Å². The minimum atomic E-state index is -4.18. The highest BCUT2D eigenvalue weighted by Gasteiger charge is 2.23. The van der Waals surface area contributed by atoms with E-state index in [-0.39, 0.29) is 26.4 Å². The third-order valence-electron chi connectivity index (χ3n) is 5.10. The maximum absolute atomic E-state index is 11.8. The van der Waals surface area contributed by atoms with Crippen LogP contribution in [0.3, 0.4) is 0 Å². The van der Waals surface area contributed by atoms with E-state index in [4.69, 9.17) is 18.1 Å². The third kappa shape index (κ3) is 23.4. The largest absolute Gasteiger partial charge is 0.472 e. The van der Waals surface area contributed by atoms with Crippen LogP contribution in [0.15, 0.2) is 0 Å². The Bertz CT molecular complexity index is 460. The van der Waals surface area contributed by atoms with E-state index in [0.717, 1.165) is 25.7 Å². The van der Waals surface area contributed by atoms with Crippen LogP contribution in [0, 0.1) is 0 Å². The summed E-state index contributed by atoms with van der Waals surface area (Å²) < 4.78 is 42.9. The second kappa shape index (κ2) is 21.7. The van der Waals surface area contributed by atoms with Crippen molar-refractivity contribution in [2.45, 2.75) is 117 Å². The van der Waals surface area contributed by atoms with Gasteiger partial charge in [-0.3, -0.25) is 18.1 Å². The molecule has 32 heavy (non-hydrogen) atoms. The highest BCUT2D eigenvalue weighted by atomic mass is 31.2. The molecule has 2 N–H and O–H groups in total. The molecule has 0 saturated carbocycles. The lowest BCUT2D eigenvalue weighted by molar-refractivity contribution is 0.101. The quantitative estimate of drug-likeness (QED) is 0.0973. The van der Waals surface area contributed by atoms with Gasteiger partial charge in [-0.05, 0) is 12.8 Å². The Morgan fingerprint density at radius 2 is 0.688 bits per heavy atom. The van der Waals surface area contributed by atoms with Gasteiger partial charge in [0.25, 0.3) is 0 Å². The van der Waals surface area contributed by atoms with Gasteiger partial charge < -0.3 is 9.79 Å². The summed E-state index contributed by atoms with van der Waals surface area (Å²) in [6.45, 7) is 3.99. The Hall–Kier alpha value is 0.220. The van der Waals surface area contributed by atoms with Crippen LogP contribution in [0.2, 0.25) is 0 Å². The van der Waals surface area contributed by atoms with E-state index in [1.807, 2.05) is 0 Å². The molecule has 0 aromatic rings. The van der Waals surface area contributed by atoms with Crippen LogP contribution in [0.1, 0.15) is 117 Å². The summed E-state index contributed by atoms with van der Waals surface area (Å²) in [5.41, 5.74) is 0. The number of hydrogen-bond donors (Lipinski definition) is 2. The predicted octanol–water partition coefficient (Wildman–Crippen LogP) is 7.54. The van der Waals surface area contributed by atoms with Gasteiger partial charge in [0.1, 0.15) is 0 Å². The molecule has 0 radical (unpaired) electrons. The molecule has 0 heterocycles. The van der Waals surface area contributed by atoms with Crippen molar-refractivity contribution in [1.29, 1.82) is 0 Å². The van der Waals surface area contributed by atoms with Gasteiger partial charge in [-0.15, -0.1) is 0 Å². The lowest BCUT2D eigenvalue weighted by atomic mass is 10.1. The SMILES string of the molecule is CCCCCCCCCCOP(=O)(O)OCCOP(=O)(O)OCCCCCCCCCC. The fourth-order valence-corrected chi connectivity index (χ4v) is 4.69. The van der Waals surface area contributed by atoms with Crippen molar-refractivity contribution in [2.75, 3.05) is 26.4 Å². The first-order valence-corrected chi connectivity index (χ1v) is 15.6. The first-order valence-electron chi connectivity index (χ1n) is 12.6. The van der Waals surface area contributed by atoms with E-state index >= 15 is 0 Å². The normalized spacial score (nSPS) is 15.5. The van der Waals surface area contributed by atoms with E-state index in [2.05, 4.69) is 13.8 Å². The lowest BCUT2D eigenvalue weighted by Crippen LogP contribution is -2.05. The van der Waals surface area contributed by atoms with Crippen LogP contribution in [0.4, 0.5) is 0 Å². The molecule has 10 heteroatoms. The summed E-state index contributed by atoms with van der Waals surface area (Å²) in [5.74, 6) is 0. The summed E-state index contributed by atoms with van der Waals surface area (Å²) in [4.78, 5) is 19.3. The van der Waals surface area contributed by atoms with Crippen LogP contribution in [0.5, 0.6) is 0 Å².